The number of nitrogens with zero attached hydrogens (tertiary/aromatic N) is 2. The number of carbonyl (C=O) groups is 3. The second-order valence-corrected chi connectivity index (χ2v) is 5.58. The average molecular weight is 402 g/mol. The number of primary amides is 1. The number of hydrogen-bond donors (Lipinski definition) is 2. The lowest BCUT2D eigenvalue weighted by Crippen LogP contribution is -2.20. The number of esters is 1. The van der Waals surface area contributed by atoms with E-state index < -0.39 is 47.4 Å². The van der Waals surface area contributed by atoms with Gasteiger partial charge >= 0.3 is 12.1 Å². The normalized spacial score (nSPS) is 11.2. The number of nitrogens with one attached hydrogen (secondary N) is 1. The van der Waals surface area contributed by atoms with Gasteiger partial charge in [-0.05, 0) is 18.2 Å². The number of carbonyl (C=O) groups excluding carboxylic acids is 3. The second-order valence-electron chi connectivity index (χ2n) is 5.58. The zero-order valence-corrected chi connectivity index (χ0v) is 14.3. The Hall–Kier alpha value is -3.44. The Bertz CT molecular complexity index is 924. The molecule has 1 heterocycles. The van der Waals surface area contributed by atoms with Gasteiger partial charge in [0.15, 0.2) is 5.82 Å². The molecular formula is C16H14F4N4O4. The van der Waals surface area contributed by atoms with Crippen LogP contribution < -0.4 is 11.1 Å². The van der Waals surface area contributed by atoms with E-state index in [2.05, 4.69) is 15.2 Å². The number of nitrogens with two attached hydrogens (primary N) is 1. The van der Waals surface area contributed by atoms with Crippen LogP contribution >= 0.6 is 0 Å². The van der Waals surface area contributed by atoms with Crippen LogP contribution in [-0.4, -0.2) is 34.7 Å². The Morgan fingerprint density at radius 2 is 1.89 bits per heavy atom. The van der Waals surface area contributed by atoms with E-state index in [1.54, 1.807) is 0 Å². The number of methoxy groups -OCH3 is 1. The van der Waals surface area contributed by atoms with Crippen LogP contribution in [0.2, 0.25) is 0 Å². The molecular weight excluding hydrogens is 388 g/mol. The molecule has 0 atom stereocenters. The highest BCUT2D eigenvalue weighted by Crippen LogP contribution is 2.30. The van der Waals surface area contributed by atoms with Crippen molar-refractivity contribution in [3.63, 3.8) is 0 Å². The average Bonchev–Trinajstić information content (AvgIpc) is 2.93. The van der Waals surface area contributed by atoms with E-state index in [4.69, 9.17) is 5.73 Å². The summed E-state index contributed by atoms with van der Waals surface area (Å²) in [5.41, 5.74) is 3.33. The third-order valence-electron chi connectivity index (χ3n) is 3.45. The first-order chi connectivity index (χ1) is 13.0. The zero-order chi connectivity index (χ0) is 21.1. The van der Waals surface area contributed by atoms with Gasteiger partial charge in [-0.2, -0.15) is 18.3 Å². The van der Waals surface area contributed by atoms with Crippen molar-refractivity contribution in [1.29, 1.82) is 0 Å². The van der Waals surface area contributed by atoms with Gasteiger partial charge in [0.25, 0.3) is 5.91 Å². The Kier molecular flexibility index (Phi) is 6.01. The molecule has 0 saturated heterocycles. The molecule has 0 unspecified atom stereocenters. The van der Waals surface area contributed by atoms with Crippen molar-refractivity contribution in [2.24, 2.45) is 5.73 Å². The van der Waals surface area contributed by atoms with E-state index in [1.807, 2.05) is 0 Å². The lowest BCUT2D eigenvalue weighted by molar-refractivity contribution is -0.141. The molecule has 12 heteroatoms. The van der Waals surface area contributed by atoms with E-state index in [9.17, 15) is 31.9 Å². The summed E-state index contributed by atoms with van der Waals surface area (Å²) in [4.78, 5) is 34.7. The molecule has 1 aromatic heterocycles. The fourth-order valence-corrected chi connectivity index (χ4v) is 2.23. The van der Waals surface area contributed by atoms with Crippen molar-refractivity contribution >= 4 is 23.6 Å². The first kappa shape index (κ1) is 20.9. The molecule has 0 aliphatic carbocycles. The predicted octanol–water partition coefficient (Wildman–Crippen LogP) is 1.49. The van der Waals surface area contributed by atoms with Crippen molar-refractivity contribution in [3.8, 4) is 0 Å². The number of rotatable bonds is 6. The predicted molar refractivity (Wildman–Crippen MR) is 86.5 cm³/mol. The van der Waals surface area contributed by atoms with E-state index >= 15 is 0 Å². The van der Waals surface area contributed by atoms with E-state index in [0.29, 0.717) is 12.1 Å². The van der Waals surface area contributed by atoms with Crippen LogP contribution in [0.15, 0.2) is 24.3 Å². The molecule has 0 saturated carbocycles. The Balaban J connectivity index is 2.29. The number of ether oxygens (including phenoxy) is 1. The molecule has 8 nitrogen and oxygen atoms in total. The molecule has 3 N–H and O–H groups in total. The number of amides is 2. The number of hydrogen-bond acceptors (Lipinski definition) is 5. The molecule has 2 aromatic rings. The lowest BCUT2D eigenvalue weighted by atomic mass is 10.1. The SMILES string of the molecule is COC(=O)Cn1nc(NC(=O)c2cc(F)cc(C(F)(F)F)c2)cc1CC(N)=O. The molecule has 0 aliphatic heterocycles. The van der Waals surface area contributed by atoms with Crippen molar-refractivity contribution in [3.05, 3.63) is 46.9 Å². The fraction of sp³-hybridized carbons (Fsp3) is 0.250. The van der Waals surface area contributed by atoms with Crippen LogP contribution in [0, 0.1) is 5.82 Å². The minimum absolute atomic E-state index is 0.156. The van der Waals surface area contributed by atoms with Crippen LogP contribution in [0.1, 0.15) is 21.6 Å². The quantitative estimate of drug-likeness (QED) is 0.561. The third-order valence-corrected chi connectivity index (χ3v) is 3.45. The van der Waals surface area contributed by atoms with Crippen molar-refractivity contribution in [1.82, 2.24) is 9.78 Å². The largest absolute Gasteiger partial charge is 0.468 e. The van der Waals surface area contributed by atoms with Crippen LogP contribution in [-0.2, 0) is 33.5 Å². The zero-order valence-electron chi connectivity index (χ0n) is 14.3. The van der Waals surface area contributed by atoms with E-state index in [1.165, 1.54) is 6.07 Å². The molecule has 2 rings (SSSR count). The lowest BCUT2D eigenvalue weighted by Gasteiger charge is -2.09. The summed E-state index contributed by atoms with van der Waals surface area (Å²) in [6.07, 6.45) is -5.16. The van der Waals surface area contributed by atoms with Gasteiger partial charge in [-0.25, -0.2) is 4.39 Å². The molecule has 0 radical (unpaired) electrons. The number of alkyl halides is 3. The standard InChI is InChI=1S/C16H14F4N4O4/c1-28-14(26)7-24-11(5-12(21)25)6-13(23-24)22-15(27)8-2-9(16(18,19)20)4-10(17)3-8/h2-4,6H,5,7H2,1H3,(H2,21,25)(H,22,23,27). The van der Waals surface area contributed by atoms with Gasteiger partial charge in [0, 0.05) is 11.6 Å². The smallest absolute Gasteiger partial charge is 0.416 e. The van der Waals surface area contributed by atoms with Gasteiger partial charge in [0.1, 0.15) is 12.4 Å². The number of anilines is 1. The van der Waals surface area contributed by atoms with E-state index in [-0.39, 0.29) is 24.0 Å². The maximum absolute atomic E-state index is 13.4. The molecule has 1 aromatic carbocycles. The topological polar surface area (TPSA) is 116 Å². The van der Waals surface area contributed by atoms with E-state index in [0.717, 1.165) is 11.8 Å². The van der Waals surface area contributed by atoms with Gasteiger partial charge in [0.2, 0.25) is 5.91 Å². The summed E-state index contributed by atoms with van der Waals surface area (Å²) in [6, 6.07) is 2.57. The van der Waals surface area contributed by atoms with Crippen LogP contribution in [0.4, 0.5) is 23.4 Å². The van der Waals surface area contributed by atoms with Crippen molar-refractivity contribution < 1.29 is 36.7 Å². The minimum Gasteiger partial charge on any atom is -0.468 e. The summed E-state index contributed by atoms with van der Waals surface area (Å²) in [6.45, 7) is -0.396. The van der Waals surface area contributed by atoms with Crippen molar-refractivity contribution in [2.45, 2.75) is 19.1 Å². The molecule has 28 heavy (non-hydrogen) atoms. The summed E-state index contributed by atoms with van der Waals surface area (Å²) in [5, 5.41) is 6.05. The van der Waals surface area contributed by atoms with Gasteiger partial charge in [0.05, 0.1) is 24.8 Å². The Labute approximate surface area is 155 Å². The molecule has 150 valence electrons. The molecule has 0 aliphatic rings. The molecule has 2 amide bonds. The fourth-order valence-electron chi connectivity index (χ4n) is 2.23. The number of aromatic nitrogens is 2. The number of benzene rings is 1. The van der Waals surface area contributed by atoms with Crippen LogP contribution in [0.25, 0.3) is 0 Å². The highest BCUT2D eigenvalue weighted by Gasteiger charge is 2.32. The maximum Gasteiger partial charge on any atom is 0.416 e. The summed E-state index contributed by atoms with van der Waals surface area (Å²) in [7, 11) is 1.13. The number of halogens is 4. The van der Waals surface area contributed by atoms with Crippen LogP contribution in [0.3, 0.4) is 0 Å². The molecule has 0 bridgehead atoms. The Morgan fingerprint density at radius 3 is 2.46 bits per heavy atom. The minimum atomic E-state index is -4.84. The molecule has 0 fully saturated rings. The summed E-state index contributed by atoms with van der Waals surface area (Å²) < 4.78 is 57.3. The highest BCUT2D eigenvalue weighted by atomic mass is 19.4. The van der Waals surface area contributed by atoms with Crippen molar-refractivity contribution in [2.75, 3.05) is 12.4 Å². The maximum atomic E-state index is 13.4. The summed E-state index contributed by atoms with van der Waals surface area (Å²) in [5.74, 6) is -3.94. The first-order valence-corrected chi connectivity index (χ1v) is 7.60. The second kappa shape index (κ2) is 8.06. The van der Waals surface area contributed by atoms with Gasteiger partial charge in [-0.3, -0.25) is 19.1 Å². The summed E-state index contributed by atoms with van der Waals surface area (Å²) >= 11 is 0. The Morgan fingerprint density at radius 1 is 1.21 bits per heavy atom. The van der Waals surface area contributed by atoms with Gasteiger partial charge < -0.3 is 15.8 Å². The van der Waals surface area contributed by atoms with Gasteiger partial charge in [-0.15, -0.1) is 0 Å². The first-order valence-electron chi connectivity index (χ1n) is 7.60. The molecule has 0 spiro atoms. The highest BCUT2D eigenvalue weighted by molar-refractivity contribution is 6.04. The van der Waals surface area contributed by atoms with Crippen LogP contribution in [0.5, 0.6) is 0 Å². The third kappa shape index (κ3) is 5.28. The van der Waals surface area contributed by atoms with Gasteiger partial charge in [-0.1, -0.05) is 0 Å². The monoisotopic (exact) mass is 402 g/mol.